The predicted molar refractivity (Wildman–Crippen MR) is 67.5 cm³/mol. The van der Waals surface area contributed by atoms with Gasteiger partial charge in [0, 0.05) is 0 Å². The smallest absolute Gasteiger partial charge is 0.337 e. The van der Waals surface area contributed by atoms with Gasteiger partial charge in [0.1, 0.15) is 10.7 Å². The molecule has 1 heterocycles. The Morgan fingerprint density at radius 2 is 2.15 bits per heavy atom. The Balaban J connectivity index is 2.47. The van der Waals surface area contributed by atoms with E-state index in [4.69, 9.17) is 5.11 Å². The van der Waals surface area contributed by atoms with Crippen molar-refractivity contribution < 1.29 is 22.7 Å². The molecule has 0 aliphatic rings. The van der Waals surface area contributed by atoms with Gasteiger partial charge < -0.3 is 5.11 Å². The molecule has 0 unspecified atom stereocenters. The van der Waals surface area contributed by atoms with Gasteiger partial charge in [-0.25, -0.2) is 17.6 Å². The highest BCUT2D eigenvalue weighted by Gasteiger charge is 2.22. The van der Waals surface area contributed by atoms with Crippen LogP contribution in [0.1, 0.15) is 16.1 Å². The van der Waals surface area contributed by atoms with Gasteiger partial charge in [-0.05, 0) is 25.1 Å². The number of aryl methyl sites for hydroxylation is 1. The number of carbonyl (C=O) groups is 1. The number of hydrogen-bond acceptors (Lipinski definition) is 4. The van der Waals surface area contributed by atoms with Crippen molar-refractivity contribution in [3.8, 4) is 0 Å². The summed E-state index contributed by atoms with van der Waals surface area (Å²) >= 11 is 0. The van der Waals surface area contributed by atoms with Gasteiger partial charge in [-0.3, -0.25) is 9.82 Å². The van der Waals surface area contributed by atoms with Crippen molar-refractivity contribution in [1.82, 2.24) is 10.2 Å². The van der Waals surface area contributed by atoms with E-state index in [2.05, 4.69) is 10.2 Å². The monoisotopic (exact) mass is 299 g/mol. The maximum Gasteiger partial charge on any atom is 0.337 e. The average Bonchev–Trinajstić information content (AvgIpc) is 2.75. The van der Waals surface area contributed by atoms with Crippen LogP contribution in [0.25, 0.3) is 0 Å². The zero-order valence-corrected chi connectivity index (χ0v) is 11.0. The molecule has 0 saturated heterocycles. The fourth-order valence-corrected chi connectivity index (χ4v) is 2.81. The van der Waals surface area contributed by atoms with Gasteiger partial charge in [0.15, 0.2) is 0 Å². The summed E-state index contributed by atoms with van der Waals surface area (Å²) in [5.74, 6) is -2.12. The summed E-state index contributed by atoms with van der Waals surface area (Å²) in [7, 11) is -4.05. The highest BCUT2D eigenvalue weighted by atomic mass is 32.2. The van der Waals surface area contributed by atoms with E-state index in [1.807, 2.05) is 4.72 Å². The molecule has 20 heavy (non-hydrogen) atoms. The Morgan fingerprint density at radius 3 is 2.70 bits per heavy atom. The van der Waals surface area contributed by atoms with Crippen LogP contribution in [0.3, 0.4) is 0 Å². The molecule has 1 aromatic carbocycles. The van der Waals surface area contributed by atoms with Crippen LogP contribution in [0.15, 0.2) is 29.3 Å². The zero-order valence-electron chi connectivity index (χ0n) is 10.2. The molecule has 1 aromatic heterocycles. The molecule has 106 valence electrons. The summed E-state index contributed by atoms with van der Waals surface area (Å²) in [6.45, 7) is 1.49. The van der Waals surface area contributed by atoms with E-state index in [-0.39, 0.29) is 21.8 Å². The topological polar surface area (TPSA) is 112 Å². The number of aromatic nitrogens is 2. The lowest BCUT2D eigenvalue weighted by atomic mass is 10.2. The Labute approximate surface area is 113 Å². The van der Waals surface area contributed by atoms with Crippen molar-refractivity contribution >= 4 is 21.7 Å². The fourth-order valence-electron chi connectivity index (χ4n) is 1.60. The molecule has 3 N–H and O–H groups in total. The van der Waals surface area contributed by atoms with Crippen LogP contribution in [-0.4, -0.2) is 29.7 Å². The molecule has 0 aliphatic heterocycles. The Hall–Kier alpha value is -2.42. The van der Waals surface area contributed by atoms with Crippen molar-refractivity contribution in [2.75, 3.05) is 4.72 Å². The number of H-pyrrole nitrogens is 1. The lowest BCUT2D eigenvalue weighted by Gasteiger charge is -2.10. The van der Waals surface area contributed by atoms with E-state index < -0.39 is 21.8 Å². The van der Waals surface area contributed by atoms with Crippen LogP contribution in [0.2, 0.25) is 0 Å². The van der Waals surface area contributed by atoms with Crippen molar-refractivity contribution in [2.24, 2.45) is 0 Å². The second-order valence-corrected chi connectivity index (χ2v) is 5.61. The first-order valence-electron chi connectivity index (χ1n) is 5.37. The maximum atomic E-state index is 13.2. The molecule has 9 heteroatoms. The Kier molecular flexibility index (Phi) is 3.45. The third kappa shape index (κ3) is 2.62. The zero-order chi connectivity index (χ0) is 14.9. The van der Waals surface area contributed by atoms with Crippen molar-refractivity contribution in [2.45, 2.75) is 11.8 Å². The number of halogens is 1. The Bertz CT molecular complexity index is 770. The molecule has 0 fully saturated rings. The molecule has 0 spiro atoms. The molecule has 2 rings (SSSR count). The van der Waals surface area contributed by atoms with Gasteiger partial charge in [0.25, 0.3) is 10.0 Å². The van der Waals surface area contributed by atoms with Crippen LogP contribution < -0.4 is 4.72 Å². The highest BCUT2D eigenvalue weighted by Crippen LogP contribution is 2.22. The molecule has 7 nitrogen and oxygen atoms in total. The van der Waals surface area contributed by atoms with E-state index in [0.717, 1.165) is 24.4 Å². The SMILES string of the molecule is Cc1[nH]ncc1S(=O)(=O)Nc1cc(F)ccc1C(=O)O. The van der Waals surface area contributed by atoms with Gasteiger partial charge >= 0.3 is 5.97 Å². The van der Waals surface area contributed by atoms with E-state index in [1.165, 1.54) is 6.92 Å². The number of aromatic carboxylic acids is 1. The number of rotatable bonds is 4. The first-order valence-corrected chi connectivity index (χ1v) is 6.85. The van der Waals surface area contributed by atoms with E-state index in [9.17, 15) is 17.6 Å². The fraction of sp³-hybridized carbons (Fsp3) is 0.0909. The normalized spacial score (nSPS) is 11.3. The molecule has 2 aromatic rings. The summed E-state index contributed by atoms with van der Waals surface area (Å²) in [6, 6.07) is 2.72. The largest absolute Gasteiger partial charge is 0.478 e. The van der Waals surface area contributed by atoms with Crippen molar-refractivity contribution in [3.63, 3.8) is 0 Å². The molecule has 0 amide bonds. The predicted octanol–water partition coefficient (Wildman–Crippen LogP) is 1.36. The number of hydrogen-bond donors (Lipinski definition) is 3. The summed E-state index contributed by atoms with van der Waals surface area (Å²) in [4.78, 5) is 10.9. The highest BCUT2D eigenvalue weighted by molar-refractivity contribution is 7.92. The molecule has 0 radical (unpaired) electrons. The quantitative estimate of drug-likeness (QED) is 0.789. The number of sulfonamides is 1. The second kappa shape index (κ2) is 4.93. The molecule has 0 atom stereocenters. The van der Waals surface area contributed by atoms with Crippen LogP contribution in [0.5, 0.6) is 0 Å². The molecular weight excluding hydrogens is 289 g/mol. The summed E-state index contributed by atoms with van der Waals surface area (Å²) < 4.78 is 39.4. The second-order valence-electron chi connectivity index (χ2n) is 3.96. The molecule has 0 saturated carbocycles. The van der Waals surface area contributed by atoms with E-state index >= 15 is 0 Å². The molecular formula is C11H10FN3O4S. The average molecular weight is 299 g/mol. The molecule has 0 bridgehead atoms. The number of carboxylic acids is 1. The number of nitrogens with zero attached hydrogens (tertiary/aromatic N) is 1. The minimum atomic E-state index is -4.05. The Morgan fingerprint density at radius 1 is 1.45 bits per heavy atom. The van der Waals surface area contributed by atoms with Crippen molar-refractivity contribution in [3.05, 3.63) is 41.5 Å². The summed E-state index contributed by atoms with van der Waals surface area (Å²) in [6.07, 6.45) is 1.08. The maximum absolute atomic E-state index is 13.2. The van der Waals surface area contributed by atoms with Crippen LogP contribution >= 0.6 is 0 Å². The lowest BCUT2D eigenvalue weighted by molar-refractivity contribution is 0.0698. The van der Waals surface area contributed by atoms with E-state index in [1.54, 1.807) is 0 Å². The van der Waals surface area contributed by atoms with Crippen LogP contribution in [0, 0.1) is 12.7 Å². The van der Waals surface area contributed by atoms with E-state index in [0.29, 0.717) is 0 Å². The number of anilines is 1. The van der Waals surface area contributed by atoms with Gasteiger partial charge in [-0.2, -0.15) is 5.10 Å². The number of aromatic amines is 1. The third-order valence-corrected chi connectivity index (χ3v) is 4.01. The van der Waals surface area contributed by atoms with Gasteiger partial charge in [-0.1, -0.05) is 0 Å². The number of nitrogens with one attached hydrogen (secondary N) is 2. The number of carboxylic acid groups (broad SMARTS) is 1. The third-order valence-electron chi connectivity index (χ3n) is 2.53. The minimum Gasteiger partial charge on any atom is -0.478 e. The standard InChI is InChI=1S/C11H10FN3O4S/c1-6-10(5-13-14-6)20(18,19)15-9-4-7(12)2-3-8(9)11(16)17/h2-5,15H,1H3,(H,13,14)(H,16,17). The first-order chi connectivity index (χ1) is 9.31. The van der Waals surface area contributed by atoms with Gasteiger partial charge in [0.05, 0.1) is 23.1 Å². The summed E-state index contributed by atoms with van der Waals surface area (Å²) in [5.41, 5.74) is -0.417. The van der Waals surface area contributed by atoms with Crippen LogP contribution in [0.4, 0.5) is 10.1 Å². The van der Waals surface area contributed by atoms with Gasteiger partial charge in [0.2, 0.25) is 0 Å². The number of benzene rings is 1. The lowest BCUT2D eigenvalue weighted by Crippen LogP contribution is -2.16. The first kappa shape index (κ1) is 14.0. The summed E-state index contributed by atoms with van der Waals surface area (Å²) in [5, 5.41) is 15.0. The van der Waals surface area contributed by atoms with Crippen molar-refractivity contribution in [1.29, 1.82) is 0 Å². The minimum absolute atomic E-state index is 0.141. The van der Waals surface area contributed by atoms with Gasteiger partial charge in [-0.15, -0.1) is 0 Å². The molecule has 0 aliphatic carbocycles. The van der Waals surface area contributed by atoms with Crippen LogP contribution in [-0.2, 0) is 10.0 Å².